The number of hydrogen-bond acceptors (Lipinski definition) is 5. The Labute approximate surface area is 100.0 Å². The molecule has 0 bridgehead atoms. The third-order valence-electron chi connectivity index (χ3n) is 2.54. The lowest BCUT2D eigenvalue weighted by atomic mass is 10.2. The number of fused-ring (bicyclic) bond motifs is 1. The van der Waals surface area contributed by atoms with Crippen LogP contribution in [-0.4, -0.2) is 24.7 Å². The number of benzene rings is 1. The molecular formula is C12H17N3O2. The van der Waals surface area contributed by atoms with Gasteiger partial charge in [0.25, 0.3) is 6.01 Å². The van der Waals surface area contributed by atoms with Crippen LogP contribution >= 0.6 is 0 Å². The summed E-state index contributed by atoms with van der Waals surface area (Å²) in [4.78, 5) is 4.33. The quantitative estimate of drug-likeness (QED) is 0.777. The molecule has 0 fully saturated rings. The van der Waals surface area contributed by atoms with Gasteiger partial charge >= 0.3 is 0 Å². The number of oxazole rings is 1. The summed E-state index contributed by atoms with van der Waals surface area (Å²) in [6.07, 6.45) is 0.900. The Bertz CT molecular complexity index is 495. The summed E-state index contributed by atoms with van der Waals surface area (Å²) in [6, 6.07) is 6.20. The zero-order chi connectivity index (χ0) is 12.3. The second kappa shape index (κ2) is 5.05. The highest BCUT2D eigenvalue weighted by molar-refractivity contribution is 5.78. The summed E-state index contributed by atoms with van der Waals surface area (Å²) < 4.78 is 10.6. The van der Waals surface area contributed by atoms with Gasteiger partial charge in [-0.25, -0.2) is 0 Å². The van der Waals surface area contributed by atoms with Crippen LogP contribution in [-0.2, 0) is 4.74 Å². The van der Waals surface area contributed by atoms with Gasteiger partial charge in [-0.2, -0.15) is 4.98 Å². The summed E-state index contributed by atoms with van der Waals surface area (Å²) >= 11 is 0. The Balaban J connectivity index is 2.08. The molecule has 0 aliphatic carbocycles. The van der Waals surface area contributed by atoms with E-state index in [0.717, 1.165) is 11.9 Å². The fourth-order valence-electron chi connectivity index (χ4n) is 1.58. The van der Waals surface area contributed by atoms with Crippen molar-refractivity contribution in [2.24, 2.45) is 0 Å². The SMILES string of the molecule is COCCC(C)Nc1nc2ccc(N)cc2o1. The number of rotatable bonds is 5. The second-order valence-corrected chi connectivity index (χ2v) is 4.07. The van der Waals surface area contributed by atoms with Crippen LogP contribution in [0.3, 0.4) is 0 Å². The first-order chi connectivity index (χ1) is 8.19. The van der Waals surface area contributed by atoms with Crippen molar-refractivity contribution in [3.63, 3.8) is 0 Å². The van der Waals surface area contributed by atoms with Gasteiger partial charge in [-0.1, -0.05) is 0 Å². The fraction of sp³-hybridized carbons (Fsp3) is 0.417. The molecule has 0 aliphatic rings. The Morgan fingerprint density at radius 3 is 3.12 bits per heavy atom. The fourth-order valence-corrected chi connectivity index (χ4v) is 1.58. The van der Waals surface area contributed by atoms with Crippen LogP contribution in [0.5, 0.6) is 0 Å². The summed E-state index contributed by atoms with van der Waals surface area (Å²) in [5.74, 6) is 0. The molecule has 0 radical (unpaired) electrons. The van der Waals surface area contributed by atoms with Crippen molar-refractivity contribution < 1.29 is 9.15 Å². The molecule has 17 heavy (non-hydrogen) atoms. The monoisotopic (exact) mass is 235 g/mol. The van der Waals surface area contributed by atoms with Gasteiger partial charge in [-0.3, -0.25) is 0 Å². The maximum atomic E-state index is 5.68. The van der Waals surface area contributed by atoms with Crippen molar-refractivity contribution in [3.8, 4) is 0 Å². The van der Waals surface area contributed by atoms with E-state index in [4.69, 9.17) is 14.9 Å². The van der Waals surface area contributed by atoms with Crippen LogP contribution in [0.15, 0.2) is 22.6 Å². The molecule has 1 heterocycles. The number of anilines is 2. The van der Waals surface area contributed by atoms with Crippen molar-refractivity contribution >= 4 is 22.8 Å². The number of ether oxygens (including phenoxy) is 1. The van der Waals surface area contributed by atoms with Crippen LogP contribution in [0, 0.1) is 0 Å². The zero-order valence-electron chi connectivity index (χ0n) is 10.1. The molecule has 5 nitrogen and oxygen atoms in total. The van der Waals surface area contributed by atoms with E-state index in [-0.39, 0.29) is 6.04 Å². The van der Waals surface area contributed by atoms with E-state index in [0.29, 0.717) is 23.9 Å². The van der Waals surface area contributed by atoms with E-state index in [2.05, 4.69) is 17.2 Å². The highest BCUT2D eigenvalue weighted by Crippen LogP contribution is 2.21. The van der Waals surface area contributed by atoms with Crippen molar-refractivity contribution in [1.82, 2.24) is 4.98 Å². The van der Waals surface area contributed by atoms with Crippen molar-refractivity contribution in [2.45, 2.75) is 19.4 Å². The molecule has 5 heteroatoms. The van der Waals surface area contributed by atoms with E-state index >= 15 is 0 Å². The molecular weight excluding hydrogens is 218 g/mol. The average molecular weight is 235 g/mol. The Morgan fingerprint density at radius 1 is 1.53 bits per heavy atom. The first-order valence-corrected chi connectivity index (χ1v) is 5.60. The summed E-state index contributed by atoms with van der Waals surface area (Å²) in [7, 11) is 1.69. The van der Waals surface area contributed by atoms with Crippen molar-refractivity contribution in [3.05, 3.63) is 18.2 Å². The Hall–Kier alpha value is -1.75. The van der Waals surface area contributed by atoms with Crippen LogP contribution in [0.4, 0.5) is 11.7 Å². The minimum absolute atomic E-state index is 0.250. The van der Waals surface area contributed by atoms with E-state index in [1.54, 1.807) is 13.2 Å². The van der Waals surface area contributed by atoms with Crippen LogP contribution in [0.25, 0.3) is 11.1 Å². The van der Waals surface area contributed by atoms with E-state index < -0.39 is 0 Å². The molecule has 2 aromatic rings. The van der Waals surface area contributed by atoms with Gasteiger partial charge in [0.1, 0.15) is 5.52 Å². The Morgan fingerprint density at radius 2 is 2.35 bits per heavy atom. The third-order valence-corrected chi connectivity index (χ3v) is 2.54. The number of methoxy groups -OCH3 is 1. The normalized spacial score (nSPS) is 12.8. The van der Waals surface area contributed by atoms with Gasteiger partial charge in [0.15, 0.2) is 5.58 Å². The number of nitrogens with one attached hydrogen (secondary N) is 1. The highest BCUT2D eigenvalue weighted by Gasteiger charge is 2.08. The van der Waals surface area contributed by atoms with Crippen LogP contribution in [0.1, 0.15) is 13.3 Å². The predicted octanol–water partition coefficient (Wildman–Crippen LogP) is 2.25. The molecule has 1 aromatic heterocycles. The zero-order valence-corrected chi connectivity index (χ0v) is 10.1. The minimum Gasteiger partial charge on any atom is -0.423 e. The van der Waals surface area contributed by atoms with E-state index in [1.807, 2.05) is 12.1 Å². The molecule has 0 saturated heterocycles. The lowest BCUT2D eigenvalue weighted by molar-refractivity contribution is 0.191. The summed E-state index contributed by atoms with van der Waals surface area (Å²) in [5.41, 5.74) is 7.86. The second-order valence-electron chi connectivity index (χ2n) is 4.07. The van der Waals surface area contributed by atoms with Crippen LogP contribution < -0.4 is 11.1 Å². The summed E-state index contributed by atoms with van der Waals surface area (Å²) in [6.45, 7) is 2.77. The number of aromatic nitrogens is 1. The molecule has 1 atom stereocenters. The molecule has 2 rings (SSSR count). The maximum Gasteiger partial charge on any atom is 0.295 e. The molecule has 1 aromatic carbocycles. The standard InChI is InChI=1S/C12H17N3O2/c1-8(5-6-16-2)14-12-15-10-4-3-9(13)7-11(10)17-12/h3-4,7-8H,5-6,13H2,1-2H3,(H,14,15). The van der Waals surface area contributed by atoms with E-state index in [9.17, 15) is 0 Å². The van der Waals surface area contributed by atoms with Gasteiger partial charge in [-0.15, -0.1) is 0 Å². The predicted molar refractivity (Wildman–Crippen MR) is 68.0 cm³/mol. The third kappa shape index (κ3) is 2.88. The van der Waals surface area contributed by atoms with E-state index in [1.165, 1.54) is 0 Å². The summed E-state index contributed by atoms with van der Waals surface area (Å²) in [5, 5.41) is 3.19. The topological polar surface area (TPSA) is 73.3 Å². The lowest BCUT2D eigenvalue weighted by Gasteiger charge is -2.10. The molecule has 0 spiro atoms. The Kier molecular flexibility index (Phi) is 3.49. The number of nitrogens with two attached hydrogens (primary N) is 1. The molecule has 1 unspecified atom stereocenters. The van der Waals surface area contributed by atoms with Gasteiger partial charge in [0.05, 0.1) is 0 Å². The minimum atomic E-state index is 0.250. The van der Waals surface area contributed by atoms with Gasteiger partial charge < -0.3 is 20.2 Å². The first-order valence-electron chi connectivity index (χ1n) is 5.60. The lowest BCUT2D eigenvalue weighted by Crippen LogP contribution is -2.17. The number of nitrogens with zero attached hydrogens (tertiary/aromatic N) is 1. The molecule has 3 N–H and O–H groups in total. The average Bonchev–Trinajstić information content (AvgIpc) is 2.67. The smallest absolute Gasteiger partial charge is 0.295 e. The van der Waals surface area contributed by atoms with Crippen molar-refractivity contribution in [1.29, 1.82) is 0 Å². The number of nitrogen functional groups attached to an aromatic ring is 1. The highest BCUT2D eigenvalue weighted by atomic mass is 16.5. The van der Waals surface area contributed by atoms with Crippen molar-refractivity contribution in [2.75, 3.05) is 24.8 Å². The number of hydrogen-bond donors (Lipinski definition) is 2. The largest absolute Gasteiger partial charge is 0.423 e. The van der Waals surface area contributed by atoms with Gasteiger partial charge in [-0.05, 0) is 25.5 Å². The van der Waals surface area contributed by atoms with Gasteiger partial charge in [0, 0.05) is 31.5 Å². The van der Waals surface area contributed by atoms with Gasteiger partial charge in [0.2, 0.25) is 0 Å². The first kappa shape index (κ1) is 11.7. The molecule has 0 amide bonds. The van der Waals surface area contributed by atoms with Crippen LogP contribution in [0.2, 0.25) is 0 Å². The maximum absolute atomic E-state index is 5.68. The molecule has 0 saturated carbocycles. The molecule has 0 aliphatic heterocycles. The molecule has 92 valence electrons.